The number of carbonyl (C=O) groups excluding carboxylic acids is 1. The van der Waals surface area contributed by atoms with E-state index in [1.54, 1.807) is 19.2 Å². The van der Waals surface area contributed by atoms with Crippen molar-refractivity contribution in [1.29, 1.82) is 0 Å². The molecule has 0 saturated heterocycles. The Labute approximate surface area is 196 Å². The number of amides is 1. The van der Waals surface area contributed by atoms with Gasteiger partial charge in [-0.2, -0.15) is 0 Å². The number of nitrogens with zero attached hydrogens (tertiary/aromatic N) is 1. The van der Waals surface area contributed by atoms with Crippen molar-refractivity contribution in [2.75, 3.05) is 33.8 Å². The van der Waals surface area contributed by atoms with Crippen molar-refractivity contribution in [2.24, 2.45) is 0 Å². The molecule has 2 heterocycles. The molecule has 4 aromatic rings. The van der Waals surface area contributed by atoms with Crippen molar-refractivity contribution in [2.45, 2.75) is 0 Å². The molecule has 0 spiro atoms. The van der Waals surface area contributed by atoms with E-state index >= 15 is 0 Å². The van der Waals surface area contributed by atoms with E-state index in [0.29, 0.717) is 27.8 Å². The predicted octanol–water partition coefficient (Wildman–Crippen LogP) is 5.49. The van der Waals surface area contributed by atoms with Gasteiger partial charge in [0.15, 0.2) is 11.5 Å². The summed E-state index contributed by atoms with van der Waals surface area (Å²) in [7, 11) is 6.24. The molecule has 7 nitrogen and oxygen atoms in total. The lowest BCUT2D eigenvalue weighted by molar-refractivity contribution is 0.103. The third kappa shape index (κ3) is 4.38. The van der Waals surface area contributed by atoms with Gasteiger partial charge >= 0.3 is 0 Å². The number of thiophene rings is 1. The fourth-order valence-electron chi connectivity index (χ4n) is 3.57. The third-order valence-electron chi connectivity index (χ3n) is 5.16. The van der Waals surface area contributed by atoms with Crippen LogP contribution in [-0.4, -0.2) is 38.9 Å². The molecule has 4 rings (SSSR count). The Kier molecular flexibility index (Phi) is 6.55. The van der Waals surface area contributed by atoms with Crippen LogP contribution in [0, 0.1) is 0 Å². The zero-order chi connectivity index (χ0) is 23.4. The lowest BCUT2D eigenvalue weighted by Crippen LogP contribution is -2.13. The summed E-state index contributed by atoms with van der Waals surface area (Å²) in [6.07, 6.45) is 3.84. The SMILES string of the molecule is COc1ccc(-c2csc(C(=O)Nc3cc(OC)c(OC)c(OC)c3)c2-n2cccc2)cc1. The van der Waals surface area contributed by atoms with Gasteiger partial charge in [0.2, 0.25) is 5.75 Å². The number of nitrogens with one attached hydrogen (secondary N) is 1. The first-order valence-electron chi connectivity index (χ1n) is 10.1. The number of hydrogen-bond acceptors (Lipinski definition) is 6. The molecule has 0 saturated carbocycles. The average molecular weight is 465 g/mol. The number of aromatic nitrogens is 1. The van der Waals surface area contributed by atoms with Crippen LogP contribution in [0.15, 0.2) is 66.3 Å². The van der Waals surface area contributed by atoms with Gasteiger partial charge in [0.05, 0.1) is 34.1 Å². The summed E-state index contributed by atoms with van der Waals surface area (Å²) in [5, 5.41) is 4.95. The lowest BCUT2D eigenvalue weighted by atomic mass is 10.1. The van der Waals surface area contributed by atoms with Crippen LogP contribution in [0.4, 0.5) is 5.69 Å². The molecule has 0 radical (unpaired) electrons. The minimum absolute atomic E-state index is 0.238. The van der Waals surface area contributed by atoms with E-state index in [1.807, 2.05) is 58.7 Å². The summed E-state index contributed by atoms with van der Waals surface area (Å²) in [4.78, 5) is 14.0. The molecule has 0 aliphatic heterocycles. The maximum absolute atomic E-state index is 13.4. The molecule has 8 heteroatoms. The molecule has 0 fully saturated rings. The molecule has 33 heavy (non-hydrogen) atoms. The van der Waals surface area contributed by atoms with Crippen LogP contribution in [0.25, 0.3) is 16.8 Å². The van der Waals surface area contributed by atoms with Crippen LogP contribution < -0.4 is 24.3 Å². The van der Waals surface area contributed by atoms with Crippen molar-refractivity contribution < 1.29 is 23.7 Å². The normalized spacial score (nSPS) is 10.5. The topological polar surface area (TPSA) is 71.0 Å². The third-order valence-corrected chi connectivity index (χ3v) is 6.13. The van der Waals surface area contributed by atoms with E-state index in [4.69, 9.17) is 18.9 Å². The Bertz CT molecular complexity index is 1220. The van der Waals surface area contributed by atoms with Crippen LogP contribution in [0.5, 0.6) is 23.0 Å². The summed E-state index contributed by atoms with van der Waals surface area (Å²) in [6, 6.07) is 15.0. The minimum Gasteiger partial charge on any atom is -0.497 e. The summed E-state index contributed by atoms with van der Waals surface area (Å²) in [6.45, 7) is 0. The molecule has 170 valence electrons. The van der Waals surface area contributed by atoms with Crippen LogP contribution >= 0.6 is 11.3 Å². The molecule has 0 bridgehead atoms. The molecule has 0 atom stereocenters. The molecule has 2 aromatic heterocycles. The van der Waals surface area contributed by atoms with Gasteiger partial charge in [0.1, 0.15) is 10.6 Å². The summed E-state index contributed by atoms with van der Waals surface area (Å²) >= 11 is 1.38. The van der Waals surface area contributed by atoms with Gasteiger partial charge in [0, 0.05) is 41.2 Å². The fraction of sp³-hybridized carbons (Fsp3) is 0.160. The Morgan fingerprint density at radius 1 is 0.879 bits per heavy atom. The number of benzene rings is 2. The van der Waals surface area contributed by atoms with Crippen molar-refractivity contribution in [3.8, 4) is 39.8 Å². The number of anilines is 1. The zero-order valence-electron chi connectivity index (χ0n) is 18.7. The molecule has 0 unspecified atom stereocenters. The van der Waals surface area contributed by atoms with Gasteiger partial charge in [-0.1, -0.05) is 12.1 Å². The largest absolute Gasteiger partial charge is 0.497 e. The number of rotatable bonds is 8. The maximum atomic E-state index is 13.4. The molecule has 2 aromatic carbocycles. The van der Waals surface area contributed by atoms with Crippen molar-refractivity contribution in [3.63, 3.8) is 0 Å². The molecule has 0 aliphatic rings. The van der Waals surface area contributed by atoms with Crippen LogP contribution in [0.1, 0.15) is 9.67 Å². The van der Waals surface area contributed by atoms with Gasteiger partial charge in [0.25, 0.3) is 5.91 Å². The van der Waals surface area contributed by atoms with E-state index < -0.39 is 0 Å². The maximum Gasteiger partial charge on any atom is 0.267 e. The highest BCUT2D eigenvalue weighted by atomic mass is 32.1. The summed E-state index contributed by atoms with van der Waals surface area (Å²) < 4.78 is 23.4. The molecule has 1 amide bonds. The van der Waals surface area contributed by atoms with Crippen LogP contribution in [0.3, 0.4) is 0 Å². The second kappa shape index (κ2) is 9.70. The molecular formula is C25H24N2O5S. The Hall–Kier alpha value is -3.91. The smallest absolute Gasteiger partial charge is 0.267 e. The van der Waals surface area contributed by atoms with Crippen molar-refractivity contribution in [3.05, 3.63) is 71.2 Å². The van der Waals surface area contributed by atoms with Gasteiger partial charge in [-0.3, -0.25) is 4.79 Å². The Morgan fingerprint density at radius 3 is 2.06 bits per heavy atom. The highest BCUT2D eigenvalue weighted by Gasteiger charge is 2.22. The molecule has 0 aliphatic carbocycles. The molecule has 1 N–H and O–H groups in total. The van der Waals surface area contributed by atoms with Crippen molar-refractivity contribution in [1.82, 2.24) is 4.57 Å². The van der Waals surface area contributed by atoms with E-state index in [2.05, 4.69) is 5.32 Å². The first-order valence-corrected chi connectivity index (χ1v) is 11.0. The van der Waals surface area contributed by atoms with E-state index in [1.165, 1.54) is 32.7 Å². The van der Waals surface area contributed by atoms with E-state index in [9.17, 15) is 4.79 Å². The first kappa shape index (κ1) is 22.3. The van der Waals surface area contributed by atoms with Crippen LogP contribution in [-0.2, 0) is 0 Å². The van der Waals surface area contributed by atoms with Crippen molar-refractivity contribution >= 4 is 22.9 Å². The minimum atomic E-state index is -0.238. The number of hydrogen-bond donors (Lipinski definition) is 1. The van der Waals surface area contributed by atoms with Gasteiger partial charge in [-0.25, -0.2) is 0 Å². The second-order valence-corrected chi connectivity index (χ2v) is 7.89. The number of methoxy groups -OCH3 is 4. The Morgan fingerprint density at radius 2 is 1.52 bits per heavy atom. The Balaban J connectivity index is 1.73. The van der Waals surface area contributed by atoms with Gasteiger partial charge in [-0.05, 0) is 29.8 Å². The van der Waals surface area contributed by atoms with E-state index in [-0.39, 0.29) is 5.91 Å². The zero-order valence-corrected chi connectivity index (χ0v) is 19.6. The summed E-state index contributed by atoms with van der Waals surface area (Å²) in [5.41, 5.74) is 3.28. The second-order valence-electron chi connectivity index (χ2n) is 7.01. The standard InChI is InChI=1S/C25H24N2O5S/c1-29-18-9-7-16(8-10-18)19-15-33-24(22(19)27-11-5-6-12-27)25(28)26-17-13-20(30-2)23(32-4)21(14-17)31-3/h5-15H,1-4H3,(H,26,28). The molecular weight excluding hydrogens is 440 g/mol. The highest BCUT2D eigenvalue weighted by Crippen LogP contribution is 2.41. The number of carbonyl (C=O) groups is 1. The van der Waals surface area contributed by atoms with Crippen LogP contribution in [0.2, 0.25) is 0 Å². The summed E-state index contributed by atoms with van der Waals surface area (Å²) in [5.74, 6) is 1.92. The quantitative estimate of drug-likeness (QED) is 0.373. The lowest BCUT2D eigenvalue weighted by Gasteiger charge is -2.15. The fourth-order valence-corrected chi connectivity index (χ4v) is 4.54. The number of ether oxygens (including phenoxy) is 4. The average Bonchev–Trinajstić information content (AvgIpc) is 3.53. The highest BCUT2D eigenvalue weighted by molar-refractivity contribution is 7.13. The van der Waals surface area contributed by atoms with Gasteiger partial charge in [-0.15, -0.1) is 11.3 Å². The van der Waals surface area contributed by atoms with Gasteiger partial charge < -0.3 is 28.8 Å². The first-order chi connectivity index (χ1) is 16.1. The predicted molar refractivity (Wildman–Crippen MR) is 130 cm³/mol. The monoisotopic (exact) mass is 464 g/mol. The van der Waals surface area contributed by atoms with E-state index in [0.717, 1.165) is 22.6 Å².